The number of hydrogen-bond donors (Lipinski definition) is 1. The second-order valence-electron chi connectivity index (χ2n) is 6.45. The molecule has 0 saturated carbocycles. The highest BCUT2D eigenvalue weighted by Crippen LogP contribution is 2.35. The Bertz CT molecular complexity index is 942. The van der Waals surface area contributed by atoms with Crippen molar-refractivity contribution in [2.24, 2.45) is 0 Å². The Morgan fingerprint density at radius 3 is 2.63 bits per heavy atom. The van der Waals surface area contributed by atoms with Crippen LogP contribution in [0.15, 0.2) is 40.9 Å². The number of carbonyl (C=O) groups excluding carboxylic acids is 3. The van der Waals surface area contributed by atoms with Crippen LogP contribution in [-0.4, -0.2) is 30.2 Å². The second kappa shape index (κ2) is 7.52. The number of aryl methyl sites for hydroxylation is 1. The van der Waals surface area contributed by atoms with Crippen molar-refractivity contribution < 1.29 is 19.1 Å². The topological polar surface area (TPSA) is 75.7 Å². The van der Waals surface area contributed by atoms with Gasteiger partial charge in [0.05, 0.1) is 11.4 Å². The molecule has 1 atom stereocenters. The first-order chi connectivity index (χ1) is 12.8. The summed E-state index contributed by atoms with van der Waals surface area (Å²) in [6, 6.07) is 10.4. The van der Waals surface area contributed by atoms with Gasteiger partial charge in [0.15, 0.2) is 11.9 Å². The van der Waals surface area contributed by atoms with Gasteiger partial charge in [0.2, 0.25) is 5.91 Å². The standard InChI is InChI=1S/C20H19BrN2O4/c1-11-4-6-16(15(21)8-11)22-19(25)10-23-17-9-14(12(2)24)5-7-18(17)27-13(3)20(23)26/h4-9,13H,10H2,1-3H3,(H,22,25). The minimum Gasteiger partial charge on any atom is -0.479 e. The smallest absolute Gasteiger partial charge is 0.268 e. The van der Waals surface area contributed by atoms with E-state index in [0.717, 1.165) is 10.0 Å². The van der Waals surface area contributed by atoms with Gasteiger partial charge in [-0.05, 0) is 72.6 Å². The molecule has 0 aromatic heterocycles. The van der Waals surface area contributed by atoms with Crippen LogP contribution < -0.4 is 15.0 Å². The number of benzene rings is 2. The van der Waals surface area contributed by atoms with E-state index in [0.29, 0.717) is 22.7 Å². The number of fused-ring (bicyclic) bond motifs is 1. The maximum absolute atomic E-state index is 12.6. The van der Waals surface area contributed by atoms with Gasteiger partial charge in [-0.25, -0.2) is 0 Å². The monoisotopic (exact) mass is 430 g/mol. The fraction of sp³-hybridized carbons (Fsp3) is 0.250. The number of carbonyl (C=O) groups is 3. The van der Waals surface area contributed by atoms with Crippen molar-refractivity contribution in [1.29, 1.82) is 0 Å². The van der Waals surface area contributed by atoms with Crippen LogP contribution in [0.1, 0.15) is 29.8 Å². The Balaban J connectivity index is 1.87. The van der Waals surface area contributed by atoms with Crippen molar-refractivity contribution >= 4 is 44.9 Å². The molecule has 7 heteroatoms. The predicted molar refractivity (Wildman–Crippen MR) is 106 cm³/mol. The van der Waals surface area contributed by atoms with Gasteiger partial charge in [0, 0.05) is 10.0 Å². The molecule has 3 rings (SSSR count). The average molecular weight is 431 g/mol. The van der Waals surface area contributed by atoms with Gasteiger partial charge in [-0.3, -0.25) is 19.3 Å². The lowest BCUT2D eigenvalue weighted by atomic mass is 10.1. The van der Waals surface area contributed by atoms with Crippen LogP contribution in [0, 0.1) is 6.92 Å². The van der Waals surface area contributed by atoms with Crippen LogP contribution in [0.5, 0.6) is 5.75 Å². The highest BCUT2D eigenvalue weighted by Gasteiger charge is 2.33. The van der Waals surface area contributed by atoms with Gasteiger partial charge < -0.3 is 10.1 Å². The summed E-state index contributed by atoms with van der Waals surface area (Å²) in [7, 11) is 0. The molecule has 1 heterocycles. The Labute approximate surface area is 165 Å². The number of Topliss-reactive ketones (excluding diaryl/α,β-unsaturated/α-hetero) is 1. The van der Waals surface area contributed by atoms with Gasteiger partial charge in [0.1, 0.15) is 12.3 Å². The fourth-order valence-corrected chi connectivity index (χ4v) is 3.44. The van der Waals surface area contributed by atoms with E-state index in [1.165, 1.54) is 11.8 Å². The molecule has 0 bridgehead atoms. The van der Waals surface area contributed by atoms with Gasteiger partial charge >= 0.3 is 0 Å². The number of nitrogens with one attached hydrogen (secondary N) is 1. The first-order valence-corrected chi connectivity index (χ1v) is 9.24. The van der Waals surface area contributed by atoms with Gasteiger partial charge in [-0.15, -0.1) is 0 Å². The van der Waals surface area contributed by atoms with Gasteiger partial charge in [-0.1, -0.05) is 6.07 Å². The van der Waals surface area contributed by atoms with E-state index in [-0.39, 0.29) is 24.1 Å². The first kappa shape index (κ1) is 19.1. The third kappa shape index (κ3) is 4.03. The molecule has 140 valence electrons. The number of ether oxygens (including phenoxy) is 1. The highest BCUT2D eigenvalue weighted by molar-refractivity contribution is 9.10. The number of halogens is 1. The molecule has 0 radical (unpaired) electrons. The van der Waals surface area contributed by atoms with Crippen LogP contribution in [0.4, 0.5) is 11.4 Å². The molecule has 27 heavy (non-hydrogen) atoms. The summed E-state index contributed by atoms with van der Waals surface area (Å²) in [5.41, 5.74) is 2.55. The van der Waals surface area contributed by atoms with Crippen LogP contribution >= 0.6 is 15.9 Å². The Kier molecular flexibility index (Phi) is 5.32. The summed E-state index contributed by atoms with van der Waals surface area (Å²) in [6.07, 6.45) is -0.709. The van der Waals surface area contributed by atoms with Crippen molar-refractivity contribution in [3.63, 3.8) is 0 Å². The van der Waals surface area contributed by atoms with Crippen LogP contribution in [0.3, 0.4) is 0 Å². The molecule has 2 amide bonds. The molecule has 6 nitrogen and oxygen atoms in total. The number of amides is 2. The van der Waals surface area contributed by atoms with Gasteiger partial charge in [-0.2, -0.15) is 0 Å². The lowest BCUT2D eigenvalue weighted by molar-refractivity contribution is -0.127. The van der Waals surface area contributed by atoms with E-state index < -0.39 is 6.10 Å². The van der Waals surface area contributed by atoms with Crippen LogP contribution in [0.25, 0.3) is 0 Å². The molecule has 1 N–H and O–H groups in total. The lowest BCUT2D eigenvalue weighted by Crippen LogP contribution is -2.47. The molecular formula is C20H19BrN2O4. The number of anilines is 2. The molecule has 0 aliphatic carbocycles. The van der Waals surface area contributed by atoms with Crippen molar-refractivity contribution in [2.45, 2.75) is 26.9 Å². The van der Waals surface area contributed by atoms with E-state index in [1.54, 1.807) is 31.2 Å². The maximum Gasteiger partial charge on any atom is 0.268 e. The van der Waals surface area contributed by atoms with Crippen molar-refractivity contribution in [3.8, 4) is 5.75 Å². The molecule has 2 aromatic carbocycles. The molecule has 1 aliphatic rings. The third-order valence-corrected chi connectivity index (χ3v) is 4.93. The minimum absolute atomic E-state index is 0.128. The SMILES string of the molecule is CC(=O)c1ccc2c(c1)N(CC(=O)Nc1ccc(C)cc1Br)C(=O)C(C)O2. The van der Waals surface area contributed by atoms with E-state index in [2.05, 4.69) is 21.2 Å². The summed E-state index contributed by atoms with van der Waals surface area (Å²) >= 11 is 3.42. The molecule has 0 saturated heterocycles. The van der Waals surface area contributed by atoms with Crippen molar-refractivity contribution in [2.75, 3.05) is 16.8 Å². The van der Waals surface area contributed by atoms with E-state index in [4.69, 9.17) is 4.74 Å². The summed E-state index contributed by atoms with van der Waals surface area (Å²) in [4.78, 5) is 38.2. The minimum atomic E-state index is -0.709. The highest BCUT2D eigenvalue weighted by atomic mass is 79.9. The molecular weight excluding hydrogens is 412 g/mol. The summed E-state index contributed by atoms with van der Waals surface area (Å²) in [5.74, 6) is -0.337. The Hall–Kier alpha value is -2.67. The molecule has 1 aliphatic heterocycles. The Morgan fingerprint density at radius 2 is 1.96 bits per heavy atom. The van der Waals surface area contributed by atoms with Crippen LogP contribution in [-0.2, 0) is 9.59 Å². The number of ketones is 1. The van der Waals surface area contributed by atoms with E-state index in [9.17, 15) is 14.4 Å². The molecule has 1 unspecified atom stereocenters. The average Bonchev–Trinajstić information content (AvgIpc) is 2.61. The van der Waals surface area contributed by atoms with E-state index in [1.807, 2.05) is 19.1 Å². The summed E-state index contributed by atoms with van der Waals surface area (Å²) in [6.45, 7) is 4.85. The number of rotatable bonds is 4. The largest absolute Gasteiger partial charge is 0.479 e. The van der Waals surface area contributed by atoms with Crippen molar-refractivity contribution in [1.82, 2.24) is 0 Å². The maximum atomic E-state index is 12.6. The normalized spacial score (nSPS) is 15.8. The summed E-state index contributed by atoms with van der Waals surface area (Å²) < 4.78 is 6.36. The first-order valence-electron chi connectivity index (χ1n) is 8.45. The zero-order chi connectivity index (χ0) is 19.7. The van der Waals surface area contributed by atoms with Crippen LogP contribution in [0.2, 0.25) is 0 Å². The number of hydrogen-bond acceptors (Lipinski definition) is 4. The third-order valence-electron chi connectivity index (χ3n) is 4.27. The lowest BCUT2D eigenvalue weighted by Gasteiger charge is -2.32. The van der Waals surface area contributed by atoms with Gasteiger partial charge in [0.25, 0.3) is 5.91 Å². The number of nitrogens with zero attached hydrogens (tertiary/aromatic N) is 1. The second-order valence-corrected chi connectivity index (χ2v) is 7.31. The molecule has 0 spiro atoms. The Morgan fingerprint density at radius 1 is 1.22 bits per heavy atom. The quantitative estimate of drug-likeness (QED) is 0.749. The predicted octanol–water partition coefficient (Wildman–Crippen LogP) is 3.71. The zero-order valence-electron chi connectivity index (χ0n) is 15.2. The summed E-state index contributed by atoms with van der Waals surface area (Å²) in [5, 5.41) is 2.80. The van der Waals surface area contributed by atoms with E-state index >= 15 is 0 Å². The molecule has 2 aromatic rings. The zero-order valence-corrected chi connectivity index (χ0v) is 16.8. The fourth-order valence-electron chi connectivity index (χ4n) is 2.84. The van der Waals surface area contributed by atoms with Crippen molar-refractivity contribution in [3.05, 3.63) is 52.0 Å². The molecule has 0 fully saturated rings.